The second-order valence-electron chi connectivity index (χ2n) is 7.86. The van der Waals surface area contributed by atoms with Gasteiger partial charge in [0.2, 0.25) is 0 Å². The van der Waals surface area contributed by atoms with E-state index in [-0.39, 0.29) is 16.7 Å². The minimum absolute atomic E-state index is 0.0322. The highest BCUT2D eigenvalue weighted by Crippen LogP contribution is 2.54. The molecular weight excluding hydrogens is 380 g/mol. The highest BCUT2D eigenvalue weighted by molar-refractivity contribution is 5.91. The van der Waals surface area contributed by atoms with Gasteiger partial charge in [-0.2, -0.15) is 18.3 Å². The van der Waals surface area contributed by atoms with Crippen molar-refractivity contribution in [3.63, 3.8) is 0 Å². The van der Waals surface area contributed by atoms with Crippen LogP contribution in [0.1, 0.15) is 50.7 Å². The van der Waals surface area contributed by atoms with E-state index in [9.17, 15) is 17.6 Å². The number of hydrogen-bond donors (Lipinski definition) is 0. The molecule has 0 fully saturated rings. The van der Waals surface area contributed by atoms with E-state index in [0.717, 1.165) is 18.9 Å². The first-order valence-corrected chi connectivity index (χ1v) is 9.74. The summed E-state index contributed by atoms with van der Waals surface area (Å²) in [7, 11) is 0. The maximum atomic E-state index is 14.5. The average molecular weight is 402 g/mol. The van der Waals surface area contributed by atoms with E-state index in [1.807, 2.05) is 10.9 Å². The third kappa shape index (κ3) is 3.05. The summed E-state index contributed by atoms with van der Waals surface area (Å²) in [6, 6.07) is 8.78. The van der Waals surface area contributed by atoms with E-state index in [0.29, 0.717) is 22.3 Å². The summed E-state index contributed by atoms with van der Waals surface area (Å²) < 4.78 is 58.0. The lowest BCUT2D eigenvalue weighted by atomic mass is 9.93. The molecule has 0 aliphatic heterocycles. The second kappa shape index (κ2) is 6.71. The van der Waals surface area contributed by atoms with E-state index < -0.39 is 17.9 Å². The summed E-state index contributed by atoms with van der Waals surface area (Å²) in [5.74, 6) is -2.50. The number of halogens is 4. The monoisotopic (exact) mass is 402 g/mol. The van der Waals surface area contributed by atoms with Crippen molar-refractivity contribution < 1.29 is 17.6 Å². The molecule has 0 bridgehead atoms. The van der Waals surface area contributed by atoms with Gasteiger partial charge < -0.3 is 0 Å². The molecule has 0 spiro atoms. The van der Waals surface area contributed by atoms with Crippen molar-refractivity contribution in [1.82, 2.24) is 9.78 Å². The van der Waals surface area contributed by atoms with Crippen LogP contribution in [0.2, 0.25) is 0 Å². The molecule has 152 valence electrons. The van der Waals surface area contributed by atoms with Gasteiger partial charge in [-0.25, -0.2) is 4.39 Å². The van der Waals surface area contributed by atoms with Crippen molar-refractivity contribution in [3.8, 4) is 22.3 Å². The van der Waals surface area contributed by atoms with Crippen molar-refractivity contribution in [2.45, 2.75) is 51.2 Å². The van der Waals surface area contributed by atoms with E-state index in [1.54, 1.807) is 24.4 Å². The predicted molar refractivity (Wildman–Crippen MR) is 105 cm³/mol. The van der Waals surface area contributed by atoms with Crippen molar-refractivity contribution >= 4 is 0 Å². The van der Waals surface area contributed by atoms with Crippen LogP contribution in [0.15, 0.2) is 48.8 Å². The van der Waals surface area contributed by atoms with Crippen molar-refractivity contribution in [2.24, 2.45) is 0 Å². The Bertz CT molecular complexity index is 1060. The third-order valence-corrected chi connectivity index (χ3v) is 6.28. The number of nitrogens with zero attached hydrogens (tertiary/aromatic N) is 2. The topological polar surface area (TPSA) is 17.8 Å². The fourth-order valence-electron chi connectivity index (χ4n) is 4.21. The van der Waals surface area contributed by atoms with Gasteiger partial charge in [0.15, 0.2) is 0 Å². The van der Waals surface area contributed by atoms with Crippen molar-refractivity contribution in [3.05, 3.63) is 65.7 Å². The molecule has 4 rings (SSSR count). The lowest BCUT2D eigenvalue weighted by molar-refractivity contribution is -0.140. The van der Waals surface area contributed by atoms with Gasteiger partial charge in [-0.1, -0.05) is 38.1 Å². The summed E-state index contributed by atoms with van der Waals surface area (Å²) in [5, 5.41) is 4.46. The minimum atomic E-state index is -4.50. The third-order valence-electron chi connectivity index (χ3n) is 6.28. The molecular formula is C23H22F4N2. The molecule has 0 radical (unpaired) electrons. The number of aromatic nitrogens is 2. The van der Waals surface area contributed by atoms with Gasteiger partial charge in [0.25, 0.3) is 0 Å². The van der Waals surface area contributed by atoms with Gasteiger partial charge in [-0.3, -0.25) is 4.68 Å². The van der Waals surface area contributed by atoms with Gasteiger partial charge in [0.05, 0.1) is 11.7 Å². The molecule has 2 aromatic carbocycles. The largest absolute Gasteiger partial charge is 0.399 e. The summed E-state index contributed by atoms with van der Waals surface area (Å²) >= 11 is 0. The molecule has 1 aliphatic carbocycles. The smallest absolute Gasteiger partial charge is 0.266 e. The second-order valence-corrected chi connectivity index (χ2v) is 7.86. The zero-order chi connectivity index (χ0) is 21.0. The lowest BCUT2D eigenvalue weighted by Crippen LogP contribution is -2.28. The molecule has 6 heteroatoms. The molecule has 1 aliphatic rings. The minimum Gasteiger partial charge on any atom is -0.266 e. The normalized spacial score (nSPS) is 16.0. The van der Waals surface area contributed by atoms with E-state index in [4.69, 9.17) is 0 Å². The maximum Gasteiger partial charge on any atom is 0.399 e. The van der Waals surface area contributed by atoms with Gasteiger partial charge >= 0.3 is 6.18 Å². The van der Waals surface area contributed by atoms with Crippen molar-refractivity contribution in [1.29, 1.82) is 0 Å². The van der Waals surface area contributed by atoms with Crippen LogP contribution < -0.4 is 0 Å². The van der Waals surface area contributed by atoms with Crippen LogP contribution in [-0.2, 0) is 5.54 Å². The molecule has 29 heavy (non-hydrogen) atoms. The average Bonchev–Trinajstić information content (AvgIpc) is 3.29. The zero-order valence-electron chi connectivity index (χ0n) is 16.5. The SMILES string of the molecule is CCC(C)(CC)n1cc(-c2cc(F)cc3c2-c2ccccc2[C@@H]3C(F)(F)F)cn1. The van der Waals surface area contributed by atoms with Crippen LogP contribution >= 0.6 is 0 Å². The molecule has 1 atom stereocenters. The standard InChI is InChI=1S/C23H22F4N2/c1-4-22(3,5-2)29-13-14(12-28-29)18-10-15(24)11-19-20(18)16-8-6-7-9-17(16)21(19)23(25,26)27/h6-13,21H,4-5H2,1-3H3/t21-/m0/s1. The summed E-state index contributed by atoms with van der Waals surface area (Å²) in [6.07, 6.45) is 0.628. The Morgan fingerprint density at radius 3 is 2.34 bits per heavy atom. The summed E-state index contributed by atoms with van der Waals surface area (Å²) in [4.78, 5) is 0. The molecule has 0 amide bonds. The first kappa shape index (κ1) is 19.7. The first-order valence-electron chi connectivity index (χ1n) is 9.74. The van der Waals surface area contributed by atoms with Gasteiger partial charge in [-0.15, -0.1) is 0 Å². The molecule has 1 heterocycles. The maximum absolute atomic E-state index is 14.5. The van der Waals surface area contributed by atoms with Crippen LogP contribution in [0.4, 0.5) is 17.6 Å². The Morgan fingerprint density at radius 2 is 1.69 bits per heavy atom. The highest BCUT2D eigenvalue weighted by atomic mass is 19.4. The number of alkyl halides is 3. The lowest BCUT2D eigenvalue weighted by Gasteiger charge is -2.27. The first-order chi connectivity index (χ1) is 13.7. The van der Waals surface area contributed by atoms with E-state index >= 15 is 0 Å². The van der Waals surface area contributed by atoms with Gasteiger partial charge in [-0.05, 0) is 59.7 Å². The van der Waals surface area contributed by atoms with Gasteiger partial charge in [0.1, 0.15) is 11.7 Å². The molecule has 0 unspecified atom stereocenters. The molecule has 0 N–H and O–H groups in total. The number of hydrogen-bond acceptors (Lipinski definition) is 1. The molecule has 3 aromatic rings. The fourth-order valence-corrected chi connectivity index (χ4v) is 4.21. The predicted octanol–water partition coefficient (Wildman–Crippen LogP) is 6.90. The Labute approximate surface area is 167 Å². The molecule has 2 nitrogen and oxygen atoms in total. The summed E-state index contributed by atoms with van der Waals surface area (Å²) in [6.45, 7) is 6.21. The zero-order valence-corrected chi connectivity index (χ0v) is 16.5. The van der Waals surface area contributed by atoms with Crippen molar-refractivity contribution in [2.75, 3.05) is 0 Å². The van der Waals surface area contributed by atoms with E-state index in [2.05, 4.69) is 25.9 Å². The van der Waals surface area contributed by atoms with Crippen LogP contribution in [-0.4, -0.2) is 16.0 Å². The van der Waals surface area contributed by atoms with Crippen LogP contribution in [0.5, 0.6) is 0 Å². The highest BCUT2D eigenvalue weighted by Gasteiger charge is 2.48. The molecule has 1 aromatic heterocycles. The quantitative estimate of drug-likeness (QED) is 0.434. The van der Waals surface area contributed by atoms with Gasteiger partial charge in [0, 0.05) is 11.8 Å². The van der Waals surface area contributed by atoms with Crippen LogP contribution in [0.25, 0.3) is 22.3 Å². The number of fused-ring (bicyclic) bond motifs is 3. The van der Waals surface area contributed by atoms with E-state index in [1.165, 1.54) is 12.1 Å². The Balaban J connectivity index is 1.95. The Kier molecular flexibility index (Phi) is 4.56. The Hall–Kier alpha value is -2.63. The summed E-state index contributed by atoms with van der Waals surface area (Å²) in [5.41, 5.74) is 1.93. The number of benzene rings is 2. The fraction of sp³-hybridized carbons (Fsp3) is 0.348. The van der Waals surface area contributed by atoms with Crippen LogP contribution in [0.3, 0.4) is 0 Å². The number of rotatable bonds is 4. The molecule has 0 saturated heterocycles. The molecule has 0 saturated carbocycles. The van der Waals surface area contributed by atoms with Crippen LogP contribution in [0, 0.1) is 5.82 Å². The Morgan fingerprint density at radius 1 is 1.00 bits per heavy atom.